The summed E-state index contributed by atoms with van der Waals surface area (Å²) in [5.41, 5.74) is 2.29. The maximum atomic E-state index is 12.6. The van der Waals surface area contributed by atoms with Crippen LogP contribution in [0, 0.1) is 0 Å². The first-order chi connectivity index (χ1) is 15.2. The molecule has 0 aliphatic heterocycles. The number of pyridine rings is 1. The van der Waals surface area contributed by atoms with Gasteiger partial charge in [0, 0.05) is 36.0 Å². The highest BCUT2D eigenvalue weighted by atomic mass is 32.2. The number of hydrogen-bond acceptors (Lipinski definition) is 7. The van der Waals surface area contributed by atoms with Crippen LogP contribution >= 0.6 is 0 Å². The van der Waals surface area contributed by atoms with Crippen LogP contribution in [0.5, 0.6) is 0 Å². The van der Waals surface area contributed by atoms with Crippen LogP contribution in [-0.2, 0) is 23.6 Å². The van der Waals surface area contributed by atoms with E-state index in [-0.39, 0.29) is 5.75 Å². The predicted molar refractivity (Wildman–Crippen MR) is 117 cm³/mol. The van der Waals surface area contributed by atoms with Gasteiger partial charge >= 0.3 is 0 Å². The van der Waals surface area contributed by atoms with E-state index in [1.54, 1.807) is 17.1 Å². The Morgan fingerprint density at radius 3 is 2.71 bits per heavy atom. The normalized spacial score (nSPS) is 12.2. The van der Waals surface area contributed by atoms with Crippen molar-refractivity contribution in [2.75, 3.05) is 5.32 Å². The Bertz CT molecular complexity index is 1380. The lowest BCUT2D eigenvalue weighted by molar-refractivity contribution is 0.681. The van der Waals surface area contributed by atoms with Gasteiger partial charge in [-0.1, -0.05) is 18.2 Å². The monoisotopic (exact) mass is 430 g/mol. The summed E-state index contributed by atoms with van der Waals surface area (Å²) in [6.45, 7) is 0. The third-order valence-electron chi connectivity index (χ3n) is 4.76. The molecule has 0 saturated carbocycles. The van der Waals surface area contributed by atoms with Crippen LogP contribution in [0.4, 0.5) is 11.8 Å². The van der Waals surface area contributed by atoms with Crippen LogP contribution in [0.3, 0.4) is 0 Å². The van der Waals surface area contributed by atoms with Crippen molar-refractivity contribution in [3.8, 4) is 11.3 Å². The minimum absolute atomic E-state index is 0.288. The second-order valence-corrected chi connectivity index (χ2v) is 8.24. The lowest BCUT2D eigenvalue weighted by Crippen LogP contribution is -2.03. The molecule has 9 nitrogen and oxygen atoms in total. The molecule has 0 spiro atoms. The number of fused-ring (bicyclic) bond motifs is 1. The van der Waals surface area contributed by atoms with E-state index in [9.17, 15) is 4.21 Å². The second-order valence-electron chi connectivity index (χ2n) is 6.79. The van der Waals surface area contributed by atoms with E-state index in [1.807, 2.05) is 72.2 Å². The van der Waals surface area contributed by atoms with Gasteiger partial charge in [-0.05, 0) is 30.3 Å². The minimum Gasteiger partial charge on any atom is -0.309 e. The van der Waals surface area contributed by atoms with Gasteiger partial charge in [0.05, 0.1) is 28.4 Å². The van der Waals surface area contributed by atoms with Gasteiger partial charge < -0.3 is 5.32 Å². The zero-order valence-corrected chi connectivity index (χ0v) is 17.4. The molecule has 4 aromatic heterocycles. The van der Waals surface area contributed by atoms with Crippen molar-refractivity contribution in [1.29, 1.82) is 0 Å². The molecule has 0 fully saturated rings. The van der Waals surface area contributed by atoms with E-state index >= 15 is 0 Å². The molecule has 1 unspecified atom stereocenters. The zero-order valence-electron chi connectivity index (χ0n) is 16.6. The summed E-state index contributed by atoms with van der Waals surface area (Å²) in [6, 6.07) is 16.9. The summed E-state index contributed by atoms with van der Waals surface area (Å²) in [7, 11) is 0.650. The summed E-state index contributed by atoms with van der Waals surface area (Å²) in [6.07, 6.45) is 5.27. The largest absolute Gasteiger partial charge is 0.309 e. The second kappa shape index (κ2) is 8.07. The molecule has 0 amide bonds. The number of hydrogen-bond donors (Lipinski definition) is 1. The molecule has 31 heavy (non-hydrogen) atoms. The third-order valence-corrected chi connectivity index (χ3v) is 6.08. The topological polar surface area (TPSA) is 103 Å². The molecule has 4 heterocycles. The summed E-state index contributed by atoms with van der Waals surface area (Å²) in [5.74, 6) is 2.20. The molecule has 5 rings (SSSR count). The molecule has 10 heteroatoms. The van der Waals surface area contributed by atoms with E-state index in [4.69, 9.17) is 0 Å². The standard InChI is InChI=1S/C21H18N8OS/c1-28-18(8-11-23-28)25-21-22-10-7-17(24-21)15-9-12-29-19(13-15)26-27-20(29)14-31(30)16-5-3-2-4-6-16/h2-13H,14H2,1H3,(H,22,24,25). The van der Waals surface area contributed by atoms with Gasteiger partial charge in [0.15, 0.2) is 5.65 Å². The smallest absolute Gasteiger partial charge is 0.228 e. The molecule has 0 bridgehead atoms. The molecule has 5 aromatic rings. The summed E-state index contributed by atoms with van der Waals surface area (Å²) >= 11 is 0. The van der Waals surface area contributed by atoms with E-state index < -0.39 is 10.8 Å². The quantitative estimate of drug-likeness (QED) is 0.442. The first-order valence-electron chi connectivity index (χ1n) is 9.53. The van der Waals surface area contributed by atoms with Crippen molar-refractivity contribution >= 4 is 28.2 Å². The van der Waals surface area contributed by atoms with E-state index in [1.165, 1.54) is 0 Å². The number of rotatable bonds is 6. The molecular formula is C21H18N8OS. The van der Waals surface area contributed by atoms with Gasteiger partial charge in [0.2, 0.25) is 5.95 Å². The van der Waals surface area contributed by atoms with Gasteiger partial charge in [0.1, 0.15) is 11.6 Å². The van der Waals surface area contributed by atoms with Crippen LogP contribution in [0.1, 0.15) is 5.82 Å². The molecule has 1 aromatic carbocycles. The number of anilines is 2. The highest BCUT2D eigenvalue weighted by molar-refractivity contribution is 7.84. The van der Waals surface area contributed by atoms with Crippen molar-refractivity contribution in [3.05, 3.63) is 79.0 Å². The Morgan fingerprint density at radius 2 is 1.90 bits per heavy atom. The summed E-state index contributed by atoms with van der Waals surface area (Å²) in [4.78, 5) is 9.64. The number of aryl methyl sites for hydroxylation is 1. The first-order valence-corrected chi connectivity index (χ1v) is 10.8. The molecule has 1 atom stereocenters. The van der Waals surface area contributed by atoms with E-state index in [2.05, 4.69) is 30.6 Å². The fourth-order valence-electron chi connectivity index (χ4n) is 3.16. The van der Waals surface area contributed by atoms with Gasteiger partial charge in [0.25, 0.3) is 0 Å². The van der Waals surface area contributed by atoms with Gasteiger partial charge in [-0.15, -0.1) is 10.2 Å². The van der Waals surface area contributed by atoms with Crippen molar-refractivity contribution in [1.82, 2.24) is 34.3 Å². The Morgan fingerprint density at radius 1 is 1.03 bits per heavy atom. The SMILES string of the molecule is Cn1nccc1Nc1nccc(-c2ccn3c(CS(=O)c4ccccc4)nnc3c2)n1. The van der Waals surface area contributed by atoms with Crippen molar-refractivity contribution in [2.24, 2.45) is 7.05 Å². The average molecular weight is 430 g/mol. The number of nitrogens with zero attached hydrogens (tertiary/aromatic N) is 7. The molecule has 0 saturated heterocycles. The average Bonchev–Trinajstić information content (AvgIpc) is 3.40. The van der Waals surface area contributed by atoms with Crippen LogP contribution < -0.4 is 5.32 Å². The molecule has 0 aliphatic carbocycles. The van der Waals surface area contributed by atoms with Crippen molar-refractivity contribution < 1.29 is 4.21 Å². The fraction of sp³-hybridized carbons (Fsp3) is 0.0952. The van der Waals surface area contributed by atoms with Crippen molar-refractivity contribution in [3.63, 3.8) is 0 Å². The first kappa shape index (κ1) is 19.1. The lowest BCUT2D eigenvalue weighted by atomic mass is 10.2. The van der Waals surface area contributed by atoms with Crippen LogP contribution in [-0.4, -0.2) is 38.6 Å². The van der Waals surface area contributed by atoms with Gasteiger partial charge in [-0.3, -0.25) is 13.3 Å². The number of benzene rings is 1. The maximum absolute atomic E-state index is 12.6. The maximum Gasteiger partial charge on any atom is 0.228 e. The Labute approximate surface area is 180 Å². The molecule has 0 aliphatic rings. The number of aromatic nitrogens is 7. The summed E-state index contributed by atoms with van der Waals surface area (Å²) in [5, 5.41) is 15.8. The van der Waals surface area contributed by atoms with Crippen LogP contribution in [0.15, 0.2) is 78.1 Å². The highest BCUT2D eigenvalue weighted by Gasteiger charge is 2.13. The molecular weight excluding hydrogens is 412 g/mol. The predicted octanol–water partition coefficient (Wildman–Crippen LogP) is 2.97. The minimum atomic E-state index is -1.19. The van der Waals surface area contributed by atoms with Crippen molar-refractivity contribution in [2.45, 2.75) is 10.6 Å². The Kier molecular flexibility index (Phi) is 4.97. The molecule has 154 valence electrons. The number of nitrogens with one attached hydrogen (secondary N) is 1. The molecule has 0 radical (unpaired) electrons. The van der Waals surface area contributed by atoms with Crippen LogP contribution in [0.25, 0.3) is 16.9 Å². The fourth-order valence-corrected chi connectivity index (χ4v) is 4.22. The van der Waals surface area contributed by atoms with E-state index in [0.29, 0.717) is 17.4 Å². The van der Waals surface area contributed by atoms with Crippen LogP contribution in [0.2, 0.25) is 0 Å². The highest BCUT2D eigenvalue weighted by Crippen LogP contribution is 2.21. The van der Waals surface area contributed by atoms with Gasteiger partial charge in [-0.25, -0.2) is 9.97 Å². The van der Waals surface area contributed by atoms with E-state index in [0.717, 1.165) is 22.0 Å². The molecule has 1 N–H and O–H groups in total. The Hall–Kier alpha value is -3.92. The third kappa shape index (κ3) is 3.92. The Balaban J connectivity index is 1.40. The lowest BCUT2D eigenvalue weighted by Gasteiger charge is -2.07. The van der Waals surface area contributed by atoms with Gasteiger partial charge in [-0.2, -0.15) is 5.10 Å². The summed E-state index contributed by atoms with van der Waals surface area (Å²) < 4.78 is 16.2. The zero-order chi connectivity index (χ0) is 21.2.